The number of nitrogens with zero attached hydrogens (tertiary/aromatic N) is 3. The average Bonchev–Trinajstić information content (AvgIpc) is 2.92. The van der Waals surface area contributed by atoms with Crippen molar-refractivity contribution in [1.29, 1.82) is 0 Å². The molecule has 1 heterocycles. The molecular weight excluding hydrogens is 260 g/mol. The zero-order chi connectivity index (χ0) is 13.5. The van der Waals surface area contributed by atoms with Gasteiger partial charge in [0.2, 0.25) is 5.91 Å². The van der Waals surface area contributed by atoms with Gasteiger partial charge < -0.3 is 4.90 Å². The third-order valence-corrected chi connectivity index (χ3v) is 3.62. The number of thioether (sulfide) groups is 1. The molecule has 0 spiro atoms. The molecular formula is C13H16N4OS. The summed E-state index contributed by atoms with van der Waals surface area (Å²) in [5.41, 5.74) is 0. The maximum Gasteiger partial charge on any atom is 0.223 e. The number of rotatable bonds is 6. The summed E-state index contributed by atoms with van der Waals surface area (Å²) in [4.78, 5) is 18.8. The molecule has 0 aliphatic rings. The van der Waals surface area contributed by atoms with Crippen molar-refractivity contribution in [1.82, 2.24) is 20.1 Å². The number of nitrogens with one attached hydrogen (secondary N) is 1. The van der Waals surface area contributed by atoms with Crippen LogP contribution in [0.3, 0.4) is 0 Å². The first-order valence-corrected chi connectivity index (χ1v) is 7.00. The highest BCUT2D eigenvalue weighted by Gasteiger charge is 2.10. The monoisotopic (exact) mass is 276 g/mol. The quantitative estimate of drug-likeness (QED) is 0.819. The first-order chi connectivity index (χ1) is 9.25. The van der Waals surface area contributed by atoms with Crippen molar-refractivity contribution in [3.8, 4) is 0 Å². The van der Waals surface area contributed by atoms with E-state index in [-0.39, 0.29) is 5.91 Å². The molecule has 1 aromatic heterocycles. The van der Waals surface area contributed by atoms with Crippen molar-refractivity contribution in [3.63, 3.8) is 0 Å². The van der Waals surface area contributed by atoms with E-state index in [2.05, 4.69) is 15.2 Å². The second-order valence-electron chi connectivity index (χ2n) is 4.09. The Morgan fingerprint density at radius 3 is 2.84 bits per heavy atom. The summed E-state index contributed by atoms with van der Waals surface area (Å²) in [5.74, 6) is 1.59. The van der Waals surface area contributed by atoms with E-state index in [9.17, 15) is 4.79 Å². The number of amides is 1. The SMILES string of the molecule is CN(Cc1ncn[nH]1)C(=O)CCSc1ccccc1. The lowest BCUT2D eigenvalue weighted by Gasteiger charge is -2.15. The fraction of sp³-hybridized carbons (Fsp3) is 0.308. The molecule has 2 rings (SSSR count). The number of hydrogen-bond acceptors (Lipinski definition) is 4. The maximum absolute atomic E-state index is 11.9. The minimum atomic E-state index is 0.111. The first kappa shape index (κ1) is 13.6. The highest BCUT2D eigenvalue weighted by molar-refractivity contribution is 7.99. The molecule has 19 heavy (non-hydrogen) atoms. The van der Waals surface area contributed by atoms with Crippen LogP contribution in [0.2, 0.25) is 0 Å². The molecule has 0 unspecified atom stereocenters. The molecule has 1 amide bonds. The second-order valence-corrected chi connectivity index (χ2v) is 5.26. The summed E-state index contributed by atoms with van der Waals surface area (Å²) in [6.45, 7) is 0.467. The van der Waals surface area contributed by atoms with Crippen LogP contribution < -0.4 is 0 Å². The van der Waals surface area contributed by atoms with Gasteiger partial charge in [-0.05, 0) is 12.1 Å². The zero-order valence-electron chi connectivity index (χ0n) is 10.7. The molecule has 0 bridgehead atoms. The van der Waals surface area contributed by atoms with E-state index in [1.807, 2.05) is 30.3 Å². The fourth-order valence-corrected chi connectivity index (χ4v) is 2.45. The summed E-state index contributed by atoms with van der Waals surface area (Å²) in [6, 6.07) is 10.1. The summed E-state index contributed by atoms with van der Waals surface area (Å²) in [5, 5.41) is 6.50. The lowest BCUT2D eigenvalue weighted by Crippen LogP contribution is -2.26. The van der Waals surface area contributed by atoms with E-state index in [0.717, 1.165) is 5.75 Å². The fourth-order valence-electron chi connectivity index (χ4n) is 1.58. The van der Waals surface area contributed by atoms with Gasteiger partial charge in [-0.25, -0.2) is 4.98 Å². The molecule has 0 radical (unpaired) electrons. The number of aromatic amines is 1. The lowest BCUT2D eigenvalue weighted by molar-refractivity contribution is -0.130. The molecule has 0 aliphatic carbocycles. The standard InChI is InChI=1S/C13H16N4OS/c1-17(9-12-14-10-15-16-12)13(18)7-8-19-11-5-3-2-4-6-11/h2-6,10H,7-9H2,1H3,(H,14,15,16). The number of carbonyl (C=O) groups excluding carboxylic acids is 1. The summed E-state index contributed by atoms with van der Waals surface area (Å²) in [6.07, 6.45) is 1.96. The molecule has 0 atom stereocenters. The van der Waals surface area contributed by atoms with Crippen LogP contribution in [0.5, 0.6) is 0 Å². The van der Waals surface area contributed by atoms with Crippen LogP contribution >= 0.6 is 11.8 Å². The number of carbonyl (C=O) groups is 1. The third kappa shape index (κ3) is 4.40. The molecule has 0 saturated carbocycles. The van der Waals surface area contributed by atoms with E-state index in [4.69, 9.17) is 0 Å². The number of aromatic nitrogens is 3. The van der Waals surface area contributed by atoms with Crippen molar-refractivity contribution in [2.45, 2.75) is 17.9 Å². The normalized spacial score (nSPS) is 10.4. The van der Waals surface area contributed by atoms with Gasteiger partial charge in [-0.3, -0.25) is 9.89 Å². The highest BCUT2D eigenvalue weighted by atomic mass is 32.2. The molecule has 2 aromatic rings. The topological polar surface area (TPSA) is 61.9 Å². The summed E-state index contributed by atoms with van der Waals surface area (Å²) < 4.78 is 0. The van der Waals surface area contributed by atoms with Crippen LogP contribution in [-0.2, 0) is 11.3 Å². The molecule has 0 fully saturated rings. The molecule has 1 aromatic carbocycles. The van der Waals surface area contributed by atoms with Crippen molar-refractivity contribution in [2.24, 2.45) is 0 Å². The molecule has 5 nitrogen and oxygen atoms in total. The van der Waals surface area contributed by atoms with Crippen LogP contribution in [0.4, 0.5) is 0 Å². The molecule has 100 valence electrons. The van der Waals surface area contributed by atoms with Gasteiger partial charge in [-0.1, -0.05) is 18.2 Å². The second kappa shape index (κ2) is 6.94. The Kier molecular flexibility index (Phi) is 4.97. The molecule has 6 heteroatoms. The van der Waals surface area contributed by atoms with Crippen molar-refractivity contribution < 1.29 is 4.79 Å². The van der Waals surface area contributed by atoms with Gasteiger partial charge in [0.1, 0.15) is 12.2 Å². The van der Waals surface area contributed by atoms with Crippen LogP contribution in [-0.4, -0.2) is 38.8 Å². The smallest absolute Gasteiger partial charge is 0.223 e. The largest absolute Gasteiger partial charge is 0.338 e. The first-order valence-electron chi connectivity index (χ1n) is 6.02. The predicted molar refractivity (Wildman–Crippen MR) is 74.6 cm³/mol. The van der Waals surface area contributed by atoms with Gasteiger partial charge in [0.25, 0.3) is 0 Å². The van der Waals surface area contributed by atoms with Gasteiger partial charge in [-0.15, -0.1) is 11.8 Å². The minimum absolute atomic E-state index is 0.111. The minimum Gasteiger partial charge on any atom is -0.338 e. The third-order valence-electron chi connectivity index (χ3n) is 2.61. The molecule has 0 aliphatic heterocycles. The Bertz CT molecular complexity index is 501. The number of hydrogen-bond donors (Lipinski definition) is 1. The highest BCUT2D eigenvalue weighted by Crippen LogP contribution is 2.18. The van der Waals surface area contributed by atoms with Crippen LogP contribution in [0.25, 0.3) is 0 Å². The van der Waals surface area contributed by atoms with Crippen molar-refractivity contribution in [2.75, 3.05) is 12.8 Å². The Balaban J connectivity index is 1.72. The van der Waals surface area contributed by atoms with E-state index >= 15 is 0 Å². The van der Waals surface area contributed by atoms with Gasteiger partial charge >= 0.3 is 0 Å². The van der Waals surface area contributed by atoms with Gasteiger partial charge in [0.05, 0.1) is 6.54 Å². The molecule has 0 saturated heterocycles. The molecule has 1 N–H and O–H groups in total. The Morgan fingerprint density at radius 1 is 1.37 bits per heavy atom. The summed E-state index contributed by atoms with van der Waals surface area (Å²) in [7, 11) is 1.78. The van der Waals surface area contributed by atoms with Crippen LogP contribution in [0, 0.1) is 0 Å². The van der Waals surface area contributed by atoms with Gasteiger partial charge in [-0.2, -0.15) is 5.10 Å². The average molecular weight is 276 g/mol. The van der Waals surface area contributed by atoms with E-state index in [1.54, 1.807) is 23.7 Å². The summed E-state index contributed by atoms with van der Waals surface area (Å²) >= 11 is 1.69. The van der Waals surface area contributed by atoms with E-state index in [0.29, 0.717) is 18.8 Å². The lowest BCUT2D eigenvalue weighted by atomic mass is 10.4. The maximum atomic E-state index is 11.9. The van der Waals surface area contributed by atoms with E-state index in [1.165, 1.54) is 11.2 Å². The van der Waals surface area contributed by atoms with Gasteiger partial charge in [0.15, 0.2) is 0 Å². The zero-order valence-corrected chi connectivity index (χ0v) is 11.6. The Hall–Kier alpha value is -1.82. The Labute approximate surface area is 116 Å². The van der Waals surface area contributed by atoms with E-state index < -0.39 is 0 Å². The number of H-pyrrole nitrogens is 1. The predicted octanol–water partition coefficient (Wildman–Crippen LogP) is 1.95. The van der Waals surface area contributed by atoms with Gasteiger partial charge in [0, 0.05) is 24.1 Å². The number of benzene rings is 1. The Morgan fingerprint density at radius 2 is 2.16 bits per heavy atom. The van der Waals surface area contributed by atoms with Crippen LogP contribution in [0.15, 0.2) is 41.6 Å². The van der Waals surface area contributed by atoms with Crippen molar-refractivity contribution in [3.05, 3.63) is 42.5 Å². The van der Waals surface area contributed by atoms with Crippen molar-refractivity contribution >= 4 is 17.7 Å². The van der Waals surface area contributed by atoms with Crippen LogP contribution in [0.1, 0.15) is 12.2 Å².